The first-order valence-corrected chi connectivity index (χ1v) is 7.74. The van der Waals surface area contributed by atoms with Crippen LogP contribution in [0.2, 0.25) is 0 Å². The Hall–Kier alpha value is -1.55. The second kappa shape index (κ2) is 5.61. The summed E-state index contributed by atoms with van der Waals surface area (Å²) in [7, 11) is 0. The van der Waals surface area contributed by atoms with Crippen LogP contribution in [-0.2, 0) is 0 Å². The van der Waals surface area contributed by atoms with Gasteiger partial charge in [-0.1, -0.05) is 19.3 Å². The van der Waals surface area contributed by atoms with E-state index in [2.05, 4.69) is 5.32 Å². The van der Waals surface area contributed by atoms with Gasteiger partial charge in [0.1, 0.15) is 4.88 Å². The number of hydrogen-bond acceptors (Lipinski definition) is 2. The van der Waals surface area contributed by atoms with E-state index in [4.69, 9.17) is 0 Å². The predicted molar refractivity (Wildman–Crippen MR) is 78.0 cm³/mol. The zero-order chi connectivity index (χ0) is 13.1. The van der Waals surface area contributed by atoms with Crippen LogP contribution in [0.3, 0.4) is 0 Å². The smallest absolute Gasteiger partial charge is 0.263 e. The highest BCUT2D eigenvalue weighted by atomic mass is 32.1. The van der Waals surface area contributed by atoms with Gasteiger partial charge in [-0.05, 0) is 36.4 Å². The molecule has 0 spiro atoms. The third-order valence-corrected chi connectivity index (χ3v) is 4.58. The highest BCUT2D eigenvalue weighted by Crippen LogP contribution is 2.23. The second-order valence-corrected chi connectivity index (χ2v) is 5.95. The van der Waals surface area contributed by atoms with Crippen LogP contribution >= 0.6 is 11.3 Å². The Labute approximate surface area is 117 Å². The molecule has 1 N–H and O–H groups in total. The highest BCUT2D eigenvalue weighted by molar-refractivity contribution is 7.12. The van der Waals surface area contributed by atoms with E-state index in [0.29, 0.717) is 6.04 Å². The zero-order valence-corrected chi connectivity index (χ0v) is 11.7. The quantitative estimate of drug-likeness (QED) is 0.911. The molecule has 1 fully saturated rings. The van der Waals surface area contributed by atoms with Gasteiger partial charge in [0, 0.05) is 18.4 Å². The lowest BCUT2D eigenvalue weighted by Crippen LogP contribution is -2.36. The van der Waals surface area contributed by atoms with Gasteiger partial charge in [-0.2, -0.15) is 0 Å². The van der Waals surface area contributed by atoms with Crippen LogP contribution in [0.1, 0.15) is 41.8 Å². The highest BCUT2D eigenvalue weighted by Gasteiger charge is 2.19. The molecule has 0 bridgehead atoms. The first-order valence-electron chi connectivity index (χ1n) is 6.86. The summed E-state index contributed by atoms with van der Waals surface area (Å²) in [5.41, 5.74) is 0.975. The average Bonchev–Trinajstić information content (AvgIpc) is 3.10. The van der Waals surface area contributed by atoms with Crippen LogP contribution in [0.4, 0.5) is 0 Å². The van der Waals surface area contributed by atoms with Gasteiger partial charge >= 0.3 is 0 Å². The van der Waals surface area contributed by atoms with Gasteiger partial charge in [-0.3, -0.25) is 4.79 Å². The maximum absolute atomic E-state index is 12.4. The van der Waals surface area contributed by atoms with Crippen molar-refractivity contribution in [1.29, 1.82) is 0 Å². The van der Waals surface area contributed by atoms with Crippen molar-refractivity contribution >= 4 is 17.2 Å². The normalized spacial score (nSPS) is 16.4. The van der Waals surface area contributed by atoms with E-state index in [1.807, 2.05) is 40.5 Å². The number of thiophene rings is 1. The van der Waals surface area contributed by atoms with Crippen molar-refractivity contribution in [2.24, 2.45) is 0 Å². The minimum absolute atomic E-state index is 0.0746. The van der Waals surface area contributed by atoms with Crippen molar-refractivity contribution in [3.63, 3.8) is 0 Å². The molecule has 0 saturated heterocycles. The second-order valence-electron chi connectivity index (χ2n) is 5.03. The Bertz CT molecular complexity index is 538. The Morgan fingerprint density at radius 2 is 1.95 bits per heavy atom. The van der Waals surface area contributed by atoms with Crippen molar-refractivity contribution in [3.05, 3.63) is 40.8 Å². The SMILES string of the molecule is O=C(NC1CCCCC1)c1sccc1-n1cccc1. The van der Waals surface area contributed by atoms with Gasteiger partial charge in [0.2, 0.25) is 0 Å². The van der Waals surface area contributed by atoms with E-state index in [0.717, 1.165) is 23.4 Å². The lowest BCUT2D eigenvalue weighted by atomic mass is 9.95. The molecule has 2 aromatic heterocycles. The van der Waals surface area contributed by atoms with Gasteiger partial charge in [0.05, 0.1) is 5.69 Å². The van der Waals surface area contributed by atoms with Crippen LogP contribution in [0.25, 0.3) is 5.69 Å². The van der Waals surface area contributed by atoms with Crippen LogP contribution in [0.5, 0.6) is 0 Å². The standard InChI is InChI=1S/C15H18N2OS/c18-15(16-12-6-2-1-3-7-12)14-13(8-11-19-14)17-9-4-5-10-17/h4-5,8-12H,1-3,6-7H2,(H,16,18). The Morgan fingerprint density at radius 3 is 2.68 bits per heavy atom. The molecule has 0 radical (unpaired) electrons. The number of carbonyl (C=O) groups excluding carboxylic acids is 1. The van der Waals surface area contributed by atoms with Gasteiger partial charge in [-0.25, -0.2) is 0 Å². The number of carbonyl (C=O) groups is 1. The molecule has 0 atom stereocenters. The average molecular weight is 274 g/mol. The third kappa shape index (κ3) is 2.73. The number of amides is 1. The number of rotatable bonds is 3. The summed E-state index contributed by atoms with van der Waals surface area (Å²) in [5.74, 6) is 0.0746. The molecule has 0 unspecified atom stereocenters. The van der Waals surface area contributed by atoms with Crippen LogP contribution in [0, 0.1) is 0 Å². The summed E-state index contributed by atoms with van der Waals surface area (Å²) in [6.07, 6.45) is 9.96. The molecule has 2 aromatic rings. The van der Waals surface area contributed by atoms with E-state index in [9.17, 15) is 4.79 Å². The predicted octanol–water partition coefficient (Wildman–Crippen LogP) is 3.60. The molecule has 0 aliphatic heterocycles. The maximum atomic E-state index is 12.4. The molecule has 3 rings (SSSR count). The summed E-state index contributed by atoms with van der Waals surface area (Å²) in [6.45, 7) is 0. The van der Waals surface area contributed by atoms with E-state index < -0.39 is 0 Å². The van der Waals surface area contributed by atoms with Crippen molar-refractivity contribution in [3.8, 4) is 5.69 Å². The Kier molecular flexibility index (Phi) is 3.69. The zero-order valence-electron chi connectivity index (χ0n) is 10.8. The van der Waals surface area contributed by atoms with Gasteiger partial charge < -0.3 is 9.88 Å². The molecule has 3 nitrogen and oxygen atoms in total. The van der Waals surface area contributed by atoms with Crippen molar-refractivity contribution in [2.45, 2.75) is 38.1 Å². The van der Waals surface area contributed by atoms with E-state index in [1.54, 1.807) is 0 Å². The monoisotopic (exact) mass is 274 g/mol. The molecule has 1 saturated carbocycles. The fourth-order valence-corrected chi connectivity index (χ4v) is 3.46. The van der Waals surface area contributed by atoms with E-state index in [1.165, 1.54) is 30.6 Å². The first-order chi connectivity index (χ1) is 9.34. The summed E-state index contributed by atoms with van der Waals surface area (Å²) in [4.78, 5) is 13.2. The van der Waals surface area contributed by atoms with Crippen molar-refractivity contribution < 1.29 is 4.79 Å². The summed E-state index contributed by atoms with van der Waals surface area (Å²) < 4.78 is 1.99. The molecule has 1 aliphatic carbocycles. The minimum atomic E-state index is 0.0746. The summed E-state index contributed by atoms with van der Waals surface area (Å²) >= 11 is 1.51. The van der Waals surface area contributed by atoms with Crippen LogP contribution in [-0.4, -0.2) is 16.5 Å². The van der Waals surface area contributed by atoms with Crippen molar-refractivity contribution in [2.75, 3.05) is 0 Å². The van der Waals surface area contributed by atoms with Crippen LogP contribution in [0.15, 0.2) is 36.0 Å². The molecule has 1 aliphatic rings. The Morgan fingerprint density at radius 1 is 1.21 bits per heavy atom. The summed E-state index contributed by atoms with van der Waals surface area (Å²) in [6, 6.07) is 6.31. The van der Waals surface area contributed by atoms with Gasteiger partial charge in [-0.15, -0.1) is 11.3 Å². The fourth-order valence-electron chi connectivity index (χ4n) is 2.67. The maximum Gasteiger partial charge on any atom is 0.263 e. The largest absolute Gasteiger partial charge is 0.349 e. The fraction of sp³-hybridized carbons (Fsp3) is 0.400. The molecule has 100 valence electrons. The minimum Gasteiger partial charge on any atom is -0.349 e. The molecular weight excluding hydrogens is 256 g/mol. The molecular formula is C15H18N2OS. The number of nitrogens with one attached hydrogen (secondary N) is 1. The lowest BCUT2D eigenvalue weighted by Gasteiger charge is -2.22. The molecule has 1 amide bonds. The van der Waals surface area contributed by atoms with E-state index in [-0.39, 0.29) is 5.91 Å². The number of nitrogens with zero attached hydrogens (tertiary/aromatic N) is 1. The van der Waals surface area contributed by atoms with E-state index >= 15 is 0 Å². The molecule has 19 heavy (non-hydrogen) atoms. The number of aromatic nitrogens is 1. The third-order valence-electron chi connectivity index (χ3n) is 3.67. The summed E-state index contributed by atoms with van der Waals surface area (Å²) in [5, 5.41) is 5.16. The number of hydrogen-bond donors (Lipinski definition) is 1. The van der Waals surface area contributed by atoms with Crippen molar-refractivity contribution in [1.82, 2.24) is 9.88 Å². The Balaban J connectivity index is 1.75. The molecule has 0 aromatic carbocycles. The first kappa shape index (κ1) is 12.5. The van der Waals surface area contributed by atoms with Crippen LogP contribution < -0.4 is 5.32 Å². The topological polar surface area (TPSA) is 34.0 Å². The molecule has 4 heteroatoms. The van der Waals surface area contributed by atoms with Gasteiger partial charge in [0.15, 0.2) is 0 Å². The lowest BCUT2D eigenvalue weighted by molar-refractivity contribution is 0.0932. The van der Waals surface area contributed by atoms with Gasteiger partial charge in [0.25, 0.3) is 5.91 Å². The molecule has 2 heterocycles.